The fraction of sp³-hybridized carbons (Fsp3) is 0.0500. The molecule has 1 amide bonds. The first-order chi connectivity index (χ1) is 12.5. The minimum absolute atomic E-state index is 0.00213. The summed E-state index contributed by atoms with van der Waals surface area (Å²) >= 11 is 0. The molecule has 6 heteroatoms. The van der Waals surface area contributed by atoms with E-state index in [2.05, 4.69) is 4.74 Å². The van der Waals surface area contributed by atoms with Crippen LogP contribution in [0.25, 0.3) is 11.6 Å². The zero-order chi connectivity index (χ0) is 19.1. The largest absolute Gasteiger partial charge is 0.515 e. The van der Waals surface area contributed by atoms with Gasteiger partial charge in [0.05, 0.1) is 24.5 Å². The van der Waals surface area contributed by atoms with Crippen molar-refractivity contribution >= 4 is 29.3 Å². The first kappa shape index (κ1) is 18.7. The van der Waals surface area contributed by atoms with Gasteiger partial charge in [-0.15, -0.1) is 0 Å². The van der Waals surface area contributed by atoms with Crippen molar-refractivity contribution < 1.29 is 24.2 Å². The van der Waals surface area contributed by atoms with Crippen molar-refractivity contribution in [2.24, 2.45) is 5.73 Å². The van der Waals surface area contributed by atoms with Crippen LogP contribution < -0.4 is 5.73 Å². The van der Waals surface area contributed by atoms with E-state index in [1.165, 1.54) is 25.3 Å². The fourth-order valence-corrected chi connectivity index (χ4v) is 2.21. The number of allylic oxidation sites excluding steroid dienone is 1. The lowest BCUT2D eigenvalue weighted by atomic mass is 10.0. The molecule has 0 saturated carbocycles. The van der Waals surface area contributed by atoms with Crippen molar-refractivity contribution in [2.45, 2.75) is 0 Å². The van der Waals surface area contributed by atoms with Crippen molar-refractivity contribution in [1.82, 2.24) is 0 Å². The van der Waals surface area contributed by atoms with Gasteiger partial charge in [-0.1, -0.05) is 42.5 Å². The molecule has 0 heterocycles. The summed E-state index contributed by atoms with van der Waals surface area (Å²) in [7, 11) is 1.29. The number of ketones is 1. The van der Waals surface area contributed by atoms with Crippen molar-refractivity contribution in [3.63, 3.8) is 0 Å². The Hall–Kier alpha value is -3.67. The molecule has 0 atom stereocenters. The lowest BCUT2D eigenvalue weighted by Crippen LogP contribution is -2.12. The van der Waals surface area contributed by atoms with Crippen LogP contribution in [-0.4, -0.2) is 29.9 Å². The second-order valence-electron chi connectivity index (χ2n) is 5.30. The standard InChI is InChI=1S/C20H17NO5/c1-26-20(25)16-9-7-15(8-10-16)18(23)11-4-13-2-5-14(6-3-13)17(12-22)19(21)24/h2-12,22H,1H3,(H2,21,24)/b11-4+,17-12-. The Labute approximate surface area is 150 Å². The van der Waals surface area contributed by atoms with Gasteiger partial charge in [0, 0.05) is 5.56 Å². The zero-order valence-electron chi connectivity index (χ0n) is 14.0. The van der Waals surface area contributed by atoms with E-state index >= 15 is 0 Å². The van der Waals surface area contributed by atoms with Crippen LogP contribution in [-0.2, 0) is 9.53 Å². The molecular weight excluding hydrogens is 334 g/mol. The molecular formula is C20H17NO5. The summed E-state index contributed by atoms with van der Waals surface area (Å²) in [5.41, 5.74) is 7.17. The third kappa shape index (κ3) is 4.45. The van der Waals surface area contributed by atoms with E-state index in [9.17, 15) is 14.4 Å². The maximum atomic E-state index is 12.2. The van der Waals surface area contributed by atoms with Crippen LogP contribution in [0.5, 0.6) is 0 Å². The number of methoxy groups -OCH3 is 1. The van der Waals surface area contributed by atoms with Crippen molar-refractivity contribution in [3.8, 4) is 0 Å². The van der Waals surface area contributed by atoms with Gasteiger partial charge in [0.2, 0.25) is 0 Å². The molecule has 0 aliphatic heterocycles. The second kappa shape index (κ2) is 8.43. The molecule has 0 fully saturated rings. The van der Waals surface area contributed by atoms with Crippen molar-refractivity contribution in [1.29, 1.82) is 0 Å². The highest BCUT2D eigenvalue weighted by molar-refractivity contribution is 6.18. The average molecular weight is 351 g/mol. The number of rotatable bonds is 6. The van der Waals surface area contributed by atoms with Crippen LogP contribution >= 0.6 is 0 Å². The molecule has 132 valence electrons. The monoisotopic (exact) mass is 351 g/mol. The second-order valence-corrected chi connectivity index (χ2v) is 5.30. The number of primary amides is 1. The number of nitrogens with two attached hydrogens (primary N) is 1. The molecule has 3 N–H and O–H groups in total. The van der Waals surface area contributed by atoms with Gasteiger partial charge in [-0.3, -0.25) is 9.59 Å². The summed E-state index contributed by atoms with van der Waals surface area (Å²) in [6.45, 7) is 0. The van der Waals surface area contributed by atoms with Crippen LogP contribution in [0.1, 0.15) is 31.8 Å². The van der Waals surface area contributed by atoms with Gasteiger partial charge in [0.1, 0.15) is 0 Å². The number of benzene rings is 2. The maximum absolute atomic E-state index is 12.2. The molecule has 0 aliphatic carbocycles. The Morgan fingerprint density at radius 3 is 1.96 bits per heavy atom. The lowest BCUT2D eigenvalue weighted by molar-refractivity contribution is -0.112. The molecule has 0 radical (unpaired) electrons. The van der Waals surface area contributed by atoms with Gasteiger partial charge in [-0.05, 0) is 29.3 Å². The summed E-state index contributed by atoms with van der Waals surface area (Å²) in [6.07, 6.45) is 3.68. The van der Waals surface area contributed by atoms with E-state index in [-0.39, 0.29) is 11.4 Å². The minimum atomic E-state index is -0.735. The summed E-state index contributed by atoms with van der Waals surface area (Å²) in [5.74, 6) is -1.42. The predicted octanol–water partition coefficient (Wildman–Crippen LogP) is 2.75. The Kier molecular flexibility index (Phi) is 6.06. The third-order valence-corrected chi connectivity index (χ3v) is 3.63. The number of aliphatic hydroxyl groups excluding tert-OH is 1. The number of hydrogen-bond acceptors (Lipinski definition) is 5. The molecule has 2 rings (SSSR count). The highest BCUT2D eigenvalue weighted by Crippen LogP contribution is 2.15. The van der Waals surface area contributed by atoms with Gasteiger partial charge < -0.3 is 15.6 Å². The molecule has 0 bridgehead atoms. The molecule has 2 aromatic carbocycles. The molecule has 6 nitrogen and oxygen atoms in total. The molecule has 2 aromatic rings. The van der Waals surface area contributed by atoms with E-state index in [1.54, 1.807) is 42.5 Å². The number of amides is 1. The van der Waals surface area contributed by atoms with Gasteiger partial charge in [-0.2, -0.15) is 0 Å². The Morgan fingerprint density at radius 1 is 0.923 bits per heavy atom. The lowest BCUT2D eigenvalue weighted by Gasteiger charge is -2.02. The highest BCUT2D eigenvalue weighted by atomic mass is 16.5. The van der Waals surface area contributed by atoms with E-state index in [4.69, 9.17) is 10.8 Å². The number of carbonyl (C=O) groups is 3. The molecule has 0 aliphatic rings. The molecule has 0 unspecified atom stereocenters. The molecule has 0 spiro atoms. The van der Waals surface area contributed by atoms with Gasteiger partial charge in [0.15, 0.2) is 5.78 Å². The minimum Gasteiger partial charge on any atom is -0.515 e. The zero-order valence-corrected chi connectivity index (χ0v) is 14.0. The highest BCUT2D eigenvalue weighted by Gasteiger charge is 2.08. The quantitative estimate of drug-likeness (QED) is 0.360. The predicted molar refractivity (Wildman–Crippen MR) is 97.4 cm³/mol. The van der Waals surface area contributed by atoms with Crippen LogP contribution in [0.15, 0.2) is 60.9 Å². The summed E-state index contributed by atoms with van der Waals surface area (Å²) < 4.78 is 4.60. The van der Waals surface area contributed by atoms with Gasteiger partial charge >= 0.3 is 5.97 Å². The summed E-state index contributed by atoms with van der Waals surface area (Å²) in [6, 6.07) is 12.7. The number of aliphatic hydroxyl groups is 1. The summed E-state index contributed by atoms with van der Waals surface area (Å²) in [4.78, 5) is 34.7. The number of ether oxygens (including phenoxy) is 1. The first-order valence-corrected chi connectivity index (χ1v) is 7.61. The smallest absolute Gasteiger partial charge is 0.337 e. The Morgan fingerprint density at radius 2 is 1.46 bits per heavy atom. The van der Waals surface area contributed by atoms with Crippen LogP contribution in [0.3, 0.4) is 0 Å². The fourth-order valence-electron chi connectivity index (χ4n) is 2.21. The molecule has 0 aromatic heterocycles. The first-order valence-electron chi connectivity index (χ1n) is 7.61. The van der Waals surface area contributed by atoms with Crippen LogP contribution in [0.2, 0.25) is 0 Å². The average Bonchev–Trinajstić information content (AvgIpc) is 2.67. The van der Waals surface area contributed by atoms with Crippen molar-refractivity contribution in [2.75, 3.05) is 7.11 Å². The topological polar surface area (TPSA) is 107 Å². The Balaban J connectivity index is 2.10. The van der Waals surface area contributed by atoms with Crippen LogP contribution in [0.4, 0.5) is 0 Å². The van der Waals surface area contributed by atoms with Gasteiger partial charge in [0.25, 0.3) is 5.91 Å². The van der Waals surface area contributed by atoms with Crippen molar-refractivity contribution in [3.05, 3.63) is 83.1 Å². The number of esters is 1. The van der Waals surface area contributed by atoms with E-state index in [0.717, 1.165) is 5.56 Å². The van der Waals surface area contributed by atoms with E-state index in [0.29, 0.717) is 23.0 Å². The van der Waals surface area contributed by atoms with E-state index < -0.39 is 11.9 Å². The Bertz CT molecular complexity index is 877. The number of hydrogen-bond donors (Lipinski definition) is 2. The normalized spacial score (nSPS) is 11.3. The SMILES string of the molecule is COC(=O)c1ccc(C(=O)/C=C/c2ccc(/C(=C/O)C(N)=O)cc2)cc1. The molecule has 26 heavy (non-hydrogen) atoms. The van der Waals surface area contributed by atoms with E-state index in [1.807, 2.05) is 0 Å². The maximum Gasteiger partial charge on any atom is 0.337 e. The number of carbonyl (C=O) groups excluding carboxylic acids is 3. The summed E-state index contributed by atoms with van der Waals surface area (Å²) in [5, 5.41) is 9.04. The molecule has 0 saturated heterocycles. The van der Waals surface area contributed by atoms with Crippen LogP contribution in [0, 0.1) is 0 Å². The van der Waals surface area contributed by atoms with Gasteiger partial charge in [-0.25, -0.2) is 4.79 Å². The third-order valence-electron chi connectivity index (χ3n) is 3.63.